The van der Waals surface area contributed by atoms with Gasteiger partial charge in [0.2, 0.25) is 0 Å². The van der Waals surface area contributed by atoms with Gasteiger partial charge >= 0.3 is 5.97 Å². The van der Waals surface area contributed by atoms with Gasteiger partial charge in [-0.1, -0.05) is 6.92 Å². The zero-order valence-corrected chi connectivity index (χ0v) is 16.7. The van der Waals surface area contributed by atoms with Gasteiger partial charge in [0.15, 0.2) is 5.96 Å². The summed E-state index contributed by atoms with van der Waals surface area (Å²) in [6, 6.07) is 4.10. The van der Waals surface area contributed by atoms with Crippen LogP contribution in [0.2, 0.25) is 0 Å². The van der Waals surface area contributed by atoms with Crippen LogP contribution < -0.4 is 14.8 Å². The molecule has 0 amide bonds. The molecule has 1 fully saturated rings. The monoisotopic (exact) mass is 375 g/mol. The summed E-state index contributed by atoms with van der Waals surface area (Å²) in [4.78, 5) is 18.4. The molecular formula is C20H29N3O4. The largest absolute Gasteiger partial charge is 0.496 e. The van der Waals surface area contributed by atoms with E-state index in [9.17, 15) is 4.79 Å². The molecule has 1 aromatic rings. The Morgan fingerprint density at radius 1 is 1.33 bits per heavy atom. The van der Waals surface area contributed by atoms with Crippen molar-refractivity contribution in [3.8, 4) is 11.5 Å². The van der Waals surface area contributed by atoms with Crippen LogP contribution in [0, 0.1) is 11.8 Å². The molecule has 0 saturated carbocycles. The summed E-state index contributed by atoms with van der Waals surface area (Å²) in [6.45, 7) is 6.07. The molecule has 7 heteroatoms. The van der Waals surface area contributed by atoms with Crippen LogP contribution in [0.25, 0.3) is 0 Å². The first-order valence-corrected chi connectivity index (χ1v) is 9.36. The Labute approximate surface area is 160 Å². The second kappa shape index (κ2) is 8.06. The van der Waals surface area contributed by atoms with Crippen molar-refractivity contribution in [3.05, 3.63) is 23.3 Å². The number of esters is 1. The highest BCUT2D eigenvalue weighted by Crippen LogP contribution is 2.35. The number of guanidine groups is 1. The highest BCUT2D eigenvalue weighted by atomic mass is 16.5. The van der Waals surface area contributed by atoms with Crippen LogP contribution in [0.5, 0.6) is 11.5 Å². The molecule has 0 bridgehead atoms. The molecule has 1 saturated heterocycles. The minimum absolute atomic E-state index is 0.127. The van der Waals surface area contributed by atoms with E-state index in [0.717, 1.165) is 36.0 Å². The van der Waals surface area contributed by atoms with Gasteiger partial charge in [0.05, 0.1) is 20.1 Å². The maximum atomic E-state index is 11.9. The molecular weight excluding hydrogens is 346 g/mol. The number of hydrogen-bond acceptors (Lipinski definition) is 5. The fourth-order valence-corrected chi connectivity index (χ4v) is 3.91. The van der Waals surface area contributed by atoms with Crippen molar-refractivity contribution < 1.29 is 19.0 Å². The van der Waals surface area contributed by atoms with Crippen molar-refractivity contribution in [2.75, 3.05) is 34.4 Å². The topological polar surface area (TPSA) is 72.4 Å². The van der Waals surface area contributed by atoms with Gasteiger partial charge in [-0.25, -0.2) is 0 Å². The molecule has 1 N–H and O–H groups in total. The number of carbonyl (C=O) groups excluding carboxylic acids is 1. The van der Waals surface area contributed by atoms with E-state index in [1.165, 1.54) is 12.7 Å². The summed E-state index contributed by atoms with van der Waals surface area (Å²) < 4.78 is 16.4. The Bertz CT molecular complexity index is 734. The summed E-state index contributed by atoms with van der Waals surface area (Å²) >= 11 is 0. The van der Waals surface area contributed by atoms with Crippen molar-refractivity contribution >= 4 is 11.9 Å². The molecule has 148 valence electrons. The van der Waals surface area contributed by atoms with Crippen molar-refractivity contribution in [1.29, 1.82) is 0 Å². The second-order valence-corrected chi connectivity index (χ2v) is 7.32. The van der Waals surface area contributed by atoms with Gasteiger partial charge in [0, 0.05) is 44.2 Å². The molecule has 2 heterocycles. The first-order chi connectivity index (χ1) is 13.0. The smallest absolute Gasteiger partial charge is 0.310 e. The summed E-state index contributed by atoms with van der Waals surface area (Å²) in [6.07, 6.45) is 1.10. The number of ether oxygens (including phenoxy) is 3. The highest BCUT2D eigenvalue weighted by Gasteiger charge is 2.36. The number of nitrogens with zero attached hydrogens (tertiary/aromatic N) is 2. The quantitative estimate of drug-likeness (QED) is 0.492. The maximum absolute atomic E-state index is 11.9. The third kappa shape index (κ3) is 3.96. The van der Waals surface area contributed by atoms with Crippen LogP contribution in [0.15, 0.2) is 17.1 Å². The zero-order chi connectivity index (χ0) is 19.6. The molecule has 2 aliphatic rings. The van der Waals surface area contributed by atoms with Crippen molar-refractivity contribution in [2.45, 2.75) is 32.9 Å². The first-order valence-electron chi connectivity index (χ1n) is 9.36. The summed E-state index contributed by atoms with van der Waals surface area (Å²) in [7, 11) is 4.87. The first kappa shape index (κ1) is 19.3. The fourth-order valence-electron chi connectivity index (χ4n) is 3.91. The number of likely N-dealkylation sites (tertiary alicyclic amines) is 1. The molecule has 0 aromatic heterocycles. The summed E-state index contributed by atoms with van der Waals surface area (Å²) in [5.41, 5.74) is 2.20. The van der Waals surface area contributed by atoms with E-state index >= 15 is 0 Å². The molecule has 0 aliphatic carbocycles. The summed E-state index contributed by atoms with van der Waals surface area (Å²) in [5.74, 6) is 2.47. The van der Waals surface area contributed by atoms with E-state index in [-0.39, 0.29) is 23.9 Å². The Kier molecular flexibility index (Phi) is 5.77. The van der Waals surface area contributed by atoms with Gasteiger partial charge in [0.25, 0.3) is 0 Å². The lowest BCUT2D eigenvalue weighted by Crippen LogP contribution is -2.40. The van der Waals surface area contributed by atoms with Crippen molar-refractivity contribution in [2.24, 2.45) is 16.8 Å². The normalized spacial score (nSPS) is 24.4. The number of methoxy groups -OCH3 is 2. The number of carbonyl (C=O) groups is 1. The van der Waals surface area contributed by atoms with E-state index in [1.807, 2.05) is 6.07 Å². The van der Waals surface area contributed by atoms with E-state index < -0.39 is 0 Å². The molecule has 2 aliphatic heterocycles. The van der Waals surface area contributed by atoms with Crippen LogP contribution in [-0.4, -0.2) is 57.3 Å². The minimum Gasteiger partial charge on any atom is -0.496 e. The van der Waals surface area contributed by atoms with E-state index in [4.69, 9.17) is 14.2 Å². The lowest BCUT2D eigenvalue weighted by Gasteiger charge is -2.22. The van der Waals surface area contributed by atoms with Crippen LogP contribution in [0.3, 0.4) is 0 Å². The Hall–Kier alpha value is -2.44. The molecule has 0 spiro atoms. The number of rotatable bonds is 4. The molecule has 7 nitrogen and oxygen atoms in total. The number of aliphatic imine (C=N–C) groups is 1. The lowest BCUT2D eigenvalue weighted by molar-refractivity contribution is -0.145. The molecule has 1 aromatic carbocycles. The average molecular weight is 375 g/mol. The van der Waals surface area contributed by atoms with Crippen molar-refractivity contribution in [3.63, 3.8) is 0 Å². The number of hydrogen-bond donors (Lipinski definition) is 1. The van der Waals surface area contributed by atoms with Crippen LogP contribution in [-0.2, 0) is 22.5 Å². The fraction of sp³-hybridized carbons (Fsp3) is 0.600. The molecule has 0 radical (unpaired) electrons. The van der Waals surface area contributed by atoms with Crippen molar-refractivity contribution in [1.82, 2.24) is 10.2 Å². The predicted molar refractivity (Wildman–Crippen MR) is 103 cm³/mol. The maximum Gasteiger partial charge on any atom is 0.310 e. The standard InChI is InChI=1S/C20H29N3O4/c1-12-10-23(11-16(12)19(24)26-5)20(21-3)22-9-15-8-18-14(6-13(2)27-18)7-17(15)25-4/h7-8,12-13,16H,6,9-11H2,1-5H3,(H,21,22). The van der Waals surface area contributed by atoms with Gasteiger partial charge in [-0.2, -0.15) is 0 Å². The minimum atomic E-state index is -0.160. The predicted octanol–water partition coefficient (Wildman–Crippen LogP) is 1.83. The molecule has 3 atom stereocenters. The van der Waals surface area contributed by atoms with E-state index in [0.29, 0.717) is 13.1 Å². The van der Waals surface area contributed by atoms with Gasteiger partial charge in [-0.05, 0) is 25.0 Å². The third-order valence-corrected chi connectivity index (χ3v) is 5.36. The SMILES string of the molecule is CN=C(NCc1cc2c(cc1OC)CC(C)O2)N1CC(C)C(C(=O)OC)C1. The molecule has 3 rings (SSSR count). The Balaban J connectivity index is 1.69. The Morgan fingerprint density at radius 3 is 2.78 bits per heavy atom. The molecule has 27 heavy (non-hydrogen) atoms. The Morgan fingerprint density at radius 2 is 2.11 bits per heavy atom. The van der Waals surface area contributed by atoms with Gasteiger partial charge in [-0.3, -0.25) is 9.79 Å². The third-order valence-electron chi connectivity index (χ3n) is 5.36. The van der Waals surface area contributed by atoms with E-state index in [1.54, 1.807) is 14.2 Å². The highest BCUT2D eigenvalue weighted by molar-refractivity contribution is 5.82. The van der Waals surface area contributed by atoms with Crippen LogP contribution >= 0.6 is 0 Å². The molecule has 3 unspecified atom stereocenters. The number of benzene rings is 1. The number of nitrogens with one attached hydrogen (secondary N) is 1. The average Bonchev–Trinajstić information content (AvgIpc) is 3.22. The second-order valence-electron chi connectivity index (χ2n) is 7.32. The van der Waals surface area contributed by atoms with Gasteiger partial charge in [-0.15, -0.1) is 0 Å². The van der Waals surface area contributed by atoms with Gasteiger partial charge < -0.3 is 24.4 Å². The lowest BCUT2D eigenvalue weighted by atomic mass is 9.99. The van der Waals surface area contributed by atoms with Gasteiger partial charge in [0.1, 0.15) is 17.6 Å². The van der Waals surface area contributed by atoms with Crippen LogP contribution in [0.1, 0.15) is 25.0 Å². The van der Waals surface area contributed by atoms with Crippen LogP contribution in [0.4, 0.5) is 0 Å². The number of fused-ring (bicyclic) bond motifs is 1. The summed E-state index contributed by atoms with van der Waals surface area (Å²) in [5, 5.41) is 3.39. The van der Waals surface area contributed by atoms with E-state index in [2.05, 4.69) is 35.1 Å². The zero-order valence-electron chi connectivity index (χ0n) is 16.7.